The molecule has 3 rings (SSSR count). The Morgan fingerprint density at radius 1 is 0.933 bits per heavy atom. The Bertz CT molecular complexity index is 1160. The number of esters is 1. The largest absolute Gasteiger partial charge is 0.469 e. The van der Waals surface area contributed by atoms with Gasteiger partial charge in [0.2, 0.25) is 0 Å². The minimum Gasteiger partial charge on any atom is -0.469 e. The first kappa shape index (κ1) is 21.7. The zero-order chi connectivity index (χ0) is 21.7. The molecule has 0 bridgehead atoms. The molecule has 0 radical (unpaired) electrons. The average Bonchev–Trinajstić information content (AvgIpc) is 2.77. The van der Waals surface area contributed by atoms with Crippen LogP contribution in [0.3, 0.4) is 0 Å². The fourth-order valence-electron chi connectivity index (χ4n) is 3.24. The lowest BCUT2D eigenvalue weighted by molar-refractivity contribution is -0.140. The quantitative estimate of drug-likeness (QED) is 0.439. The van der Waals surface area contributed by atoms with E-state index in [1.165, 1.54) is 7.11 Å². The molecule has 156 valence electrons. The van der Waals surface area contributed by atoms with Crippen molar-refractivity contribution in [1.82, 2.24) is 0 Å². The summed E-state index contributed by atoms with van der Waals surface area (Å²) >= 11 is 0. The Hall–Kier alpha value is -3.03. The van der Waals surface area contributed by atoms with E-state index in [4.69, 9.17) is 5.73 Å². The molecule has 0 fully saturated rings. The van der Waals surface area contributed by atoms with Crippen LogP contribution >= 0.6 is 0 Å². The molecule has 0 aliphatic rings. The van der Waals surface area contributed by atoms with Crippen LogP contribution in [-0.2, 0) is 25.8 Å². The zero-order valence-corrected chi connectivity index (χ0v) is 17.4. The van der Waals surface area contributed by atoms with Crippen LogP contribution in [0.1, 0.15) is 28.8 Å². The van der Waals surface area contributed by atoms with Gasteiger partial charge in [0.05, 0.1) is 18.4 Å². The summed E-state index contributed by atoms with van der Waals surface area (Å²) in [7, 11) is -2.48. The highest BCUT2D eigenvalue weighted by Crippen LogP contribution is 2.26. The number of benzene rings is 3. The molecule has 6 nitrogen and oxygen atoms in total. The number of Topliss-reactive ketones (excluding diaryl/α,β-unsaturated/α-hetero) is 1. The van der Waals surface area contributed by atoms with Gasteiger partial charge in [-0.3, -0.25) is 9.59 Å². The number of carbonyl (C=O) groups is 2. The van der Waals surface area contributed by atoms with Crippen LogP contribution in [0, 0.1) is 0 Å². The number of rotatable bonds is 8. The molecule has 1 atom stereocenters. The molecule has 7 heteroatoms. The number of hydrogen-bond acceptors (Lipinski definition) is 6. The monoisotopic (exact) mass is 425 g/mol. The smallest absolute Gasteiger partial charge is 0.305 e. The molecule has 3 aromatic carbocycles. The Morgan fingerprint density at radius 3 is 2.30 bits per heavy atom. The summed E-state index contributed by atoms with van der Waals surface area (Å²) in [6.45, 7) is 0. The van der Waals surface area contributed by atoms with Crippen LogP contribution in [0.4, 0.5) is 0 Å². The summed E-state index contributed by atoms with van der Waals surface area (Å²) in [5.74, 6) is -0.621. The minimum atomic E-state index is -3.75. The van der Waals surface area contributed by atoms with Crippen LogP contribution in [-0.4, -0.2) is 32.7 Å². The summed E-state index contributed by atoms with van der Waals surface area (Å²) in [6, 6.07) is 19.0. The van der Waals surface area contributed by atoms with E-state index in [1.54, 1.807) is 48.5 Å². The van der Waals surface area contributed by atoms with Gasteiger partial charge in [-0.1, -0.05) is 60.7 Å². The first-order valence-corrected chi connectivity index (χ1v) is 11.0. The lowest BCUT2D eigenvalue weighted by Crippen LogP contribution is -2.33. The van der Waals surface area contributed by atoms with Crippen LogP contribution in [0.15, 0.2) is 71.6 Å². The maximum absolute atomic E-state index is 13.1. The summed E-state index contributed by atoms with van der Waals surface area (Å²) < 4.78 is 30.7. The van der Waals surface area contributed by atoms with E-state index in [9.17, 15) is 18.0 Å². The second-order valence-electron chi connectivity index (χ2n) is 6.96. The fraction of sp³-hybridized carbons (Fsp3) is 0.217. The van der Waals surface area contributed by atoms with Crippen LogP contribution in [0.25, 0.3) is 10.8 Å². The van der Waals surface area contributed by atoms with E-state index >= 15 is 0 Å². The highest BCUT2D eigenvalue weighted by atomic mass is 32.2. The molecule has 30 heavy (non-hydrogen) atoms. The van der Waals surface area contributed by atoms with E-state index in [-0.39, 0.29) is 29.9 Å². The van der Waals surface area contributed by atoms with Crippen molar-refractivity contribution >= 4 is 32.4 Å². The van der Waals surface area contributed by atoms with Gasteiger partial charge in [-0.25, -0.2) is 8.42 Å². The molecule has 0 saturated heterocycles. The number of fused-ring (bicyclic) bond motifs is 1. The number of nitrogens with two attached hydrogens (primary N) is 1. The van der Waals surface area contributed by atoms with Gasteiger partial charge in [-0.05, 0) is 17.0 Å². The normalized spacial score (nSPS) is 12.5. The molecule has 0 aromatic heterocycles. The van der Waals surface area contributed by atoms with Crippen molar-refractivity contribution in [2.24, 2.45) is 5.73 Å². The molecule has 0 spiro atoms. The van der Waals surface area contributed by atoms with E-state index < -0.39 is 21.2 Å². The van der Waals surface area contributed by atoms with Crippen LogP contribution in [0.5, 0.6) is 0 Å². The van der Waals surface area contributed by atoms with Gasteiger partial charge < -0.3 is 10.5 Å². The fourth-order valence-corrected chi connectivity index (χ4v) is 4.74. The van der Waals surface area contributed by atoms with Gasteiger partial charge in [0.25, 0.3) is 0 Å². The molecule has 0 aliphatic carbocycles. The maximum Gasteiger partial charge on any atom is 0.305 e. The number of carbonyl (C=O) groups excluding carboxylic acids is 2. The lowest BCUT2D eigenvalue weighted by Gasteiger charge is -2.15. The van der Waals surface area contributed by atoms with E-state index in [0.29, 0.717) is 16.5 Å². The number of sulfone groups is 1. The summed E-state index contributed by atoms with van der Waals surface area (Å²) in [6.07, 6.45) is 0.189. The Balaban J connectivity index is 1.74. The summed E-state index contributed by atoms with van der Waals surface area (Å²) in [4.78, 5) is 23.5. The molecule has 1 unspecified atom stereocenters. The maximum atomic E-state index is 13.1. The highest BCUT2D eigenvalue weighted by molar-refractivity contribution is 7.92. The highest BCUT2D eigenvalue weighted by Gasteiger charge is 2.26. The van der Waals surface area contributed by atoms with Crippen molar-refractivity contribution in [3.8, 4) is 0 Å². The molecule has 0 amide bonds. The standard InChI is InChI=1S/C23H23NO5S/c1-29-23(26)14-13-20(25)18-11-9-16(10-12-18)15-22(24)30(27,28)21-8-4-6-17-5-2-3-7-19(17)21/h2-12,22H,13-15,24H2,1H3. The van der Waals surface area contributed by atoms with Crippen molar-refractivity contribution in [2.75, 3.05) is 7.11 Å². The van der Waals surface area contributed by atoms with Crippen molar-refractivity contribution in [3.63, 3.8) is 0 Å². The van der Waals surface area contributed by atoms with Gasteiger partial charge in [-0.15, -0.1) is 0 Å². The Morgan fingerprint density at radius 2 is 1.60 bits per heavy atom. The van der Waals surface area contributed by atoms with Gasteiger partial charge in [0.1, 0.15) is 5.37 Å². The van der Waals surface area contributed by atoms with Gasteiger partial charge in [0.15, 0.2) is 15.6 Å². The molecule has 0 saturated carbocycles. The second kappa shape index (κ2) is 9.19. The Kier molecular flexibility index (Phi) is 6.64. The Labute approximate surface area is 175 Å². The van der Waals surface area contributed by atoms with Crippen molar-refractivity contribution < 1.29 is 22.7 Å². The lowest BCUT2D eigenvalue weighted by atomic mass is 10.0. The number of ether oxygens (including phenoxy) is 1. The number of ketones is 1. The van der Waals surface area contributed by atoms with Gasteiger partial charge in [-0.2, -0.15) is 0 Å². The third-order valence-electron chi connectivity index (χ3n) is 4.95. The third kappa shape index (κ3) is 4.75. The van der Waals surface area contributed by atoms with E-state index in [0.717, 1.165) is 5.39 Å². The first-order valence-electron chi connectivity index (χ1n) is 9.49. The van der Waals surface area contributed by atoms with Gasteiger partial charge in [0, 0.05) is 23.8 Å². The van der Waals surface area contributed by atoms with E-state index in [2.05, 4.69) is 4.74 Å². The van der Waals surface area contributed by atoms with E-state index in [1.807, 2.05) is 18.2 Å². The zero-order valence-electron chi connectivity index (χ0n) is 16.6. The summed E-state index contributed by atoms with van der Waals surface area (Å²) in [5, 5.41) is 0.353. The predicted molar refractivity (Wildman–Crippen MR) is 115 cm³/mol. The predicted octanol–water partition coefficient (Wildman–Crippen LogP) is 3.28. The van der Waals surface area contributed by atoms with Crippen molar-refractivity contribution in [2.45, 2.75) is 29.5 Å². The topological polar surface area (TPSA) is 104 Å². The first-order chi connectivity index (χ1) is 14.3. The molecule has 0 aliphatic heterocycles. The number of hydrogen-bond donors (Lipinski definition) is 1. The SMILES string of the molecule is COC(=O)CCC(=O)c1ccc(CC(N)S(=O)(=O)c2cccc3ccccc23)cc1. The van der Waals surface area contributed by atoms with Crippen LogP contribution in [0.2, 0.25) is 0 Å². The average molecular weight is 426 g/mol. The van der Waals surface area contributed by atoms with Crippen molar-refractivity contribution in [1.29, 1.82) is 0 Å². The molecule has 3 aromatic rings. The molecular formula is C23H23NO5S. The molecule has 0 heterocycles. The second-order valence-corrected chi connectivity index (χ2v) is 9.10. The summed E-state index contributed by atoms with van der Waals surface area (Å²) in [5.41, 5.74) is 7.25. The third-order valence-corrected chi connectivity index (χ3v) is 6.88. The van der Waals surface area contributed by atoms with Gasteiger partial charge >= 0.3 is 5.97 Å². The molecule has 2 N–H and O–H groups in total. The number of methoxy groups -OCH3 is 1. The van der Waals surface area contributed by atoms with Crippen molar-refractivity contribution in [3.05, 3.63) is 77.9 Å². The van der Waals surface area contributed by atoms with Crippen LogP contribution < -0.4 is 5.73 Å². The minimum absolute atomic E-state index is 0.0191. The molecular weight excluding hydrogens is 402 g/mol.